The number of nitrogens with one attached hydrogen (secondary N) is 1. The minimum atomic E-state index is -0.512. The van der Waals surface area contributed by atoms with E-state index < -0.39 is 5.91 Å². The minimum Gasteiger partial charge on any atom is -0.484 e. The van der Waals surface area contributed by atoms with Gasteiger partial charge >= 0.3 is 0 Å². The van der Waals surface area contributed by atoms with Crippen molar-refractivity contribution in [1.82, 2.24) is 5.32 Å². The van der Waals surface area contributed by atoms with Gasteiger partial charge in [0, 0.05) is 12.1 Å². The van der Waals surface area contributed by atoms with E-state index in [1.165, 1.54) is 18.9 Å². The van der Waals surface area contributed by atoms with Crippen LogP contribution >= 0.6 is 0 Å². The van der Waals surface area contributed by atoms with Crippen molar-refractivity contribution in [3.63, 3.8) is 0 Å². The summed E-state index contributed by atoms with van der Waals surface area (Å²) in [6.07, 6.45) is 7.83. The molecule has 1 fully saturated rings. The van der Waals surface area contributed by atoms with Crippen LogP contribution in [0.15, 0.2) is 30.3 Å². The van der Waals surface area contributed by atoms with Crippen molar-refractivity contribution in [3.8, 4) is 5.75 Å². The van der Waals surface area contributed by atoms with Crippen LogP contribution in [0, 0.1) is 0 Å². The van der Waals surface area contributed by atoms with Crippen LogP contribution in [0.2, 0.25) is 0 Å². The van der Waals surface area contributed by atoms with Crippen molar-refractivity contribution < 1.29 is 14.3 Å². The summed E-state index contributed by atoms with van der Waals surface area (Å²) in [5, 5.41) is 2.99. The van der Waals surface area contributed by atoms with Gasteiger partial charge in [-0.05, 0) is 36.6 Å². The summed E-state index contributed by atoms with van der Waals surface area (Å²) in [6.45, 7) is -0.140. The number of hydrogen-bond donors (Lipinski definition) is 2. The van der Waals surface area contributed by atoms with Crippen LogP contribution in [-0.2, 0) is 9.59 Å². The predicted molar refractivity (Wildman–Crippen MR) is 80.6 cm³/mol. The highest BCUT2D eigenvalue weighted by molar-refractivity contribution is 5.91. The van der Waals surface area contributed by atoms with Gasteiger partial charge < -0.3 is 15.8 Å². The molecule has 3 N–H and O–H groups in total. The Kier molecular flexibility index (Phi) is 5.37. The Hall–Kier alpha value is -2.30. The molecule has 0 saturated heterocycles. The van der Waals surface area contributed by atoms with Gasteiger partial charge in [-0.3, -0.25) is 9.59 Å². The van der Waals surface area contributed by atoms with Crippen molar-refractivity contribution in [2.45, 2.75) is 31.7 Å². The molecule has 2 amide bonds. The number of hydrogen-bond acceptors (Lipinski definition) is 3. The SMILES string of the molecule is NC(=O)COc1ccc(/C=C/C(=O)NC2CCCC2)cc1. The molecule has 0 heterocycles. The molecular weight excluding hydrogens is 268 g/mol. The third-order valence-corrected chi connectivity index (χ3v) is 3.39. The molecule has 21 heavy (non-hydrogen) atoms. The highest BCUT2D eigenvalue weighted by Gasteiger charge is 2.15. The molecule has 0 aliphatic heterocycles. The van der Waals surface area contributed by atoms with E-state index in [2.05, 4.69) is 5.32 Å². The zero-order chi connectivity index (χ0) is 15.1. The third-order valence-electron chi connectivity index (χ3n) is 3.39. The summed E-state index contributed by atoms with van der Waals surface area (Å²) >= 11 is 0. The number of benzene rings is 1. The number of primary amides is 1. The fraction of sp³-hybridized carbons (Fsp3) is 0.375. The molecule has 0 aromatic heterocycles. The second kappa shape index (κ2) is 7.47. The Morgan fingerprint density at radius 1 is 1.24 bits per heavy atom. The molecule has 1 aromatic carbocycles. The van der Waals surface area contributed by atoms with E-state index in [1.807, 2.05) is 12.1 Å². The lowest BCUT2D eigenvalue weighted by Crippen LogP contribution is -2.30. The molecule has 1 aromatic rings. The maximum Gasteiger partial charge on any atom is 0.255 e. The Morgan fingerprint density at radius 3 is 2.52 bits per heavy atom. The van der Waals surface area contributed by atoms with E-state index >= 15 is 0 Å². The Balaban J connectivity index is 1.82. The molecule has 0 bridgehead atoms. The molecule has 0 unspecified atom stereocenters. The standard InChI is InChI=1S/C16H20N2O3/c17-15(19)11-21-14-8-5-12(6-9-14)7-10-16(20)18-13-3-1-2-4-13/h5-10,13H,1-4,11H2,(H2,17,19)(H,18,20)/b10-7+. The quantitative estimate of drug-likeness (QED) is 0.780. The zero-order valence-electron chi connectivity index (χ0n) is 11.9. The second-order valence-corrected chi connectivity index (χ2v) is 5.15. The summed E-state index contributed by atoms with van der Waals surface area (Å²) in [7, 11) is 0. The average Bonchev–Trinajstić information content (AvgIpc) is 2.97. The number of rotatable bonds is 6. The number of ether oxygens (including phenoxy) is 1. The lowest BCUT2D eigenvalue weighted by molar-refractivity contribution is -0.120. The first kappa shape index (κ1) is 15.1. The molecule has 5 heteroatoms. The van der Waals surface area contributed by atoms with Gasteiger partial charge in [-0.1, -0.05) is 25.0 Å². The van der Waals surface area contributed by atoms with E-state index in [4.69, 9.17) is 10.5 Å². The van der Waals surface area contributed by atoms with E-state index in [-0.39, 0.29) is 12.5 Å². The maximum atomic E-state index is 11.7. The van der Waals surface area contributed by atoms with Gasteiger partial charge in [0.2, 0.25) is 5.91 Å². The fourth-order valence-electron chi connectivity index (χ4n) is 2.32. The maximum absolute atomic E-state index is 11.7. The Labute approximate surface area is 124 Å². The van der Waals surface area contributed by atoms with Gasteiger partial charge in [-0.15, -0.1) is 0 Å². The van der Waals surface area contributed by atoms with E-state index in [0.29, 0.717) is 11.8 Å². The molecule has 0 spiro atoms. The molecule has 0 radical (unpaired) electrons. The van der Waals surface area contributed by atoms with Crippen molar-refractivity contribution in [3.05, 3.63) is 35.9 Å². The van der Waals surface area contributed by atoms with Gasteiger partial charge in [0.25, 0.3) is 5.91 Å². The second-order valence-electron chi connectivity index (χ2n) is 5.15. The summed E-state index contributed by atoms with van der Waals surface area (Å²) < 4.78 is 5.16. The normalized spacial score (nSPS) is 15.2. The van der Waals surface area contributed by atoms with Crippen LogP contribution < -0.4 is 15.8 Å². The van der Waals surface area contributed by atoms with Crippen molar-refractivity contribution >= 4 is 17.9 Å². The fourth-order valence-corrected chi connectivity index (χ4v) is 2.32. The van der Waals surface area contributed by atoms with Gasteiger partial charge in [0.15, 0.2) is 6.61 Å². The van der Waals surface area contributed by atoms with Crippen LogP contribution in [0.5, 0.6) is 5.75 Å². The first-order chi connectivity index (χ1) is 10.1. The van der Waals surface area contributed by atoms with Crippen LogP contribution in [-0.4, -0.2) is 24.5 Å². The summed E-state index contributed by atoms with van der Waals surface area (Å²) in [4.78, 5) is 22.3. The minimum absolute atomic E-state index is 0.0593. The highest BCUT2D eigenvalue weighted by atomic mass is 16.5. The van der Waals surface area contributed by atoms with Crippen LogP contribution in [0.25, 0.3) is 6.08 Å². The summed E-state index contributed by atoms with van der Waals surface area (Å²) in [5.41, 5.74) is 5.89. The first-order valence-electron chi connectivity index (χ1n) is 7.13. The van der Waals surface area contributed by atoms with Crippen molar-refractivity contribution in [1.29, 1.82) is 0 Å². The zero-order valence-corrected chi connectivity index (χ0v) is 11.9. The van der Waals surface area contributed by atoms with Gasteiger partial charge in [-0.2, -0.15) is 0 Å². The average molecular weight is 288 g/mol. The first-order valence-corrected chi connectivity index (χ1v) is 7.13. The molecule has 5 nitrogen and oxygen atoms in total. The lowest BCUT2D eigenvalue weighted by Gasteiger charge is -2.09. The number of carbonyl (C=O) groups is 2. The van der Waals surface area contributed by atoms with Crippen LogP contribution in [0.1, 0.15) is 31.2 Å². The molecule has 112 valence electrons. The van der Waals surface area contributed by atoms with Gasteiger partial charge in [0.05, 0.1) is 0 Å². The predicted octanol–water partition coefficient (Wildman–Crippen LogP) is 1.62. The van der Waals surface area contributed by atoms with E-state index in [1.54, 1.807) is 18.2 Å². The summed E-state index contributed by atoms with van der Waals surface area (Å²) in [6, 6.07) is 7.42. The lowest BCUT2D eigenvalue weighted by atomic mass is 10.2. The monoisotopic (exact) mass is 288 g/mol. The smallest absolute Gasteiger partial charge is 0.255 e. The van der Waals surface area contributed by atoms with Gasteiger partial charge in [0.1, 0.15) is 5.75 Å². The molecular formula is C16H20N2O3. The third kappa shape index (κ3) is 5.30. The van der Waals surface area contributed by atoms with Crippen molar-refractivity contribution in [2.24, 2.45) is 5.73 Å². The molecule has 1 saturated carbocycles. The molecule has 2 rings (SSSR count). The Morgan fingerprint density at radius 2 is 1.90 bits per heavy atom. The van der Waals surface area contributed by atoms with Crippen LogP contribution in [0.3, 0.4) is 0 Å². The number of nitrogens with two attached hydrogens (primary N) is 1. The Bertz CT molecular complexity index is 517. The van der Waals surface area contributed by atoms with E-state index in [9.17, 15) is 9.59 Å². The van der Waals surface area contributed by atoms with E-state index in [0.717, 1.165) is 18.4 Å². The number of amides is 2. The summed E-state index contributed by atoms with van der Waals surface area (Å²) in [5.74, 6) is -0.000122. The topological polar surface area (TPSA) is 81.4 Å². The van der Waals surface area contributed by atoms with Gasteiger partial charge in [-0.25, -0.2) is 0 Å². The highest BCUT2D eigenvalue weighted by Crippen LogP contribution is 2.17. The molecule has 1 aliphatic carbocycles. The van der Waals surface area contributed by atoms with Crippen molar-refractivity contribution in [2.75, 3.05) is 6.61 Å². The molecule has 0 atom stereocenters. The largest absolute Gasteiger partial charge is 0.484 e. The number of carbonyl (C=O) groups excluding carboxylic acids is 2. The van der Waals surface area contributed by atoms with Crippen LogP contribution in [0.4, 0.5) is 0 Å². The molecule has 1 aliphatic rings.